The first-order valence-corrected chi connectivity index (χ1v) is 19.5. The van der Waals surface area contributed by atoms with Crippen LogP contribution < -0.4 is 10.6 Å². The Kier molecular flexibility index (Phi) is 9.01. The lowest BCUT2D eigenvalue weighted by Gasteiger charge is -2.53. The van der Waals surface area contributed by atoms with E-state index in [1.807, 2.05) is 42.7 Å². The summed E-state index contributed by atoms with van der Waals surface area (Å²) in [6, 6.07) is 13.8. The number of benzene rings is 3. The van der Waals surface area contributed by atoms with Crippen LogP contribution in [0, 0.1) is 31.1 Å². The number of aliphatic hydroxyl groups is 1. The Morgan fingerprint density at radius 3 is 2.54 bits per heavy atom. The minimum absolute atomic E-state index is 0.0504. The number of carbonyl (C=O) groups is 2. The van der Waals surface area contributed by atoms with Gasteiger partial charge in [0.05, 0.1) is 17.5 Å². The lowest BCUT2D eigenvalue weighted by Crippen LogP contribution is -2.52. The number of aromatic amines is 1. The number of nitrogens with zero attached hydrogens (tertiary/aromatic N) is 1. The fourth-order valence-electron chi connectivity index (χ4n) is 10.7. The largest absolute Gasteiger partial charge is 0.508 e. The number of phenolic OH excluding ortho intramolecular Hbond substituents is 1. The minimum atomic E-state index is -0.970. The molecular formula is C44H52N4O4. The molecule has 5 atom stereocenters. The van der Waals surface area contributed by atoms with Gasteiger partial charge in [0.2, 0.25) is 5.91 Å². The molecule has 0 radical (unpaired) electrons. The maximum Gasteiger partial charge on any atom is 0.251 e. The summed E-state index contributed by atoms with van der Waals surface area (Å²) in [5, 5.41) is 32.7. The summed E-state index contributed by atoms with van der Waals surface area (Å²) in [6.07, 6.45) is 13.3. The van der Waals surface area contributed by atoms with Crippen molar-refractivity contribution in [2.45, 2.75) is 103 Å². The number of H-pyrrole nitrogens is 1. The van der Waals surface area contributed by atoms with E-state index in [4.69, 9.17) is 0 Å². The number of hydrogen-bond acceptors (Lipinski definition) is 5. The fraction of sp³-hybridized carbons (Fsp3) is 0.477. The number of amides is 2. The van der Waals surface area contributed by atoms with Gasteiger partial charge in [0, 0.05) is 52.7 Å². The Labute approximate surface area is 305 Å². The average molecular weight is 701 g/mol. The van der Waals surface area contributed by atoms with Gasteiger partial charge >= 0.3 is 0 Å². The molecule has 2 heterocycles. The van der Waals surface area contributed by atoms with E-state index in [9.17, 15) is 19.8 Å². The van der Waals surface area contributed by atoms with Gasteiger partial charge in [-0.25, -0.2) is 0 Å². The maximum absolute atomic E-state index is 13.1. The number of phenols is 1. The molecule has 8 nitrogen and oxygen atoms in total. The van der Waals surface area contributed by atoms with Crippen LogP contribution in [-0.4, -0.2) is 50.7 Å². The van der Waals surface area contributed by atoms with Crippen molar-refractivity contribution >= 4 is 44.4 Å². The lowest BCUT2D eigenvalue weighted by molar-refractivity contribution is -0.139. The van der Waals surface area contributed by atoms with Crippen molar-refractivity contribution in [2.24, 2.45) is 17.3 Å². The zero-order chi connectivity index (χ0) is 36.2. The van der Waals surface area contributed by atoms with Gasteiger partial charge in [-0.15, -0.1) is 0 Å². The second-order valence-electron chi connectivity index (χ2n) is 16.3. The summed E-state index contributed by atoms with van der Waals surface area (Å²) >= 11 is 0. The summed E-state index contributed by atoms with van der Waals surface area (Å²) < 4.78 is 0. The van der Waals surface area contributed by atoms with Crippen molar-refractivity contribution < 1.29 is 19.8 Å². The van der Waals surface area contributed by atoms with Crippen LogP contribution in [0.3, 0.4) is 0 Å². The molecule has 272 valence electrons. The van der Waals surface area contributed by atoms with Gasteiger partial charge in [-0.1, -0.05) is 25.8 Å². The van der Waals surface area contributed by atoms with E-state index in [1.54, 1.807) is 0 Å². The van der Waals surface area contributed by atoms with Gasteiger partial charge in [-0.2, -0.15) is 0 Å². The molecule has 5 aromatic rings. The molecule has 2 fully saturated rings. The highest BCUT2D eigenvalue weighted by Crippen LogP contribution is 2.65. The molecule has 8 rings (SSSR count). The summed E-state index contributed by atoms with van der Waals surface area (Å²) in [4.78, 5) is 34.2. The first kappa shape index (κ1) is 34.6. The number of aromatic nitrogens is 2. The molecule has 2 amide bonds. The normalized spacial score (nSPS) is 25.2. The molecule has 8 heteroatoms. The van der Waals surface area contributed by atoms with Crippen molar-refractivity contribution in [1.82, 2.24) is 20.6 Å². The number of nitrogens with one attached hydrogen (secondary N) is 3. The first-order chi connectivity index (χ1) is 25.1. The zero-order valence-electron chi connectivity index (χ0n) is 30.8. The predicted molar refractivity (Wildman–Crippen MR) is 207 cm³/mol. The topological polar surface area (TPSA) is 127 Å². The third-order valence-electron chi connectivity index (χ3n) is 13.6. The zero-order valence-corrected chi connectivity index (χ0v) is 30.8. The van der Waals surface area contributed by atoms with Crippen molar-refractivity contribution in [2.75, 3.05) is 13.1 Å². The fourth-order valence-corrected chi connectivity index (χ4v) is 10.7. The van der Waals surface area contributed by atoms with Crippen molar-refractivity contribution in [1.29, 1.82) is 0 Å². The molecule has 0 saturated heterocycles. The molecule has 5 N–H and O–H groups in total. The van der Waals surface area contributed by atoms with Crippen LogP contribution in [0.4, 0.5) is 0 Å². The van der Waals surface area contributed by atoms with E-state index in [0.29, 0.717) is 48.6 Å². The first-order valence-electron chi connectivity index (χ1n) is 19.5. The number of aryl methyl sites for hydroxylation is 3. The summed E-state index contributed by atoms with van der Waals surface area (Å²) in [5.74, 6) is 1.64. The number of aromatic hydroxyl groups is 1. The van der Waals surface area contributed by atoms with Crippen molar-refractivity contribution in [3.8, 4) is 5.75 Å². The predicted octanol–water partition coefficient (Wildman–Crippen LogP) is 8.28. The van der Waals surface area contributed by atoms with Gasteiger partial charge in [0.25, 0.3) is 5.91 Å². The average Bonchev–Trinajstić information content (AvgIpc) is 3.65. The third kappa shape index (κ3) is 5.83. The third-order valence-corrected chi connectivity index (χ3v) is 13.6. The standard InChI is InChI=1S/C44H52N4O4/c1-26-36-25-45-21-16-31(36)27(2)41-40(26)35-23-29(9-13-38(35)48-41)42(51)47-20-7-5-4-6-19-46-39(50)24-44(52)18-15-37-34-11-8-28-22-30(49)10-12-32(28)33(34)14-17-43(37,44)3/h9-10,12-13,16,21-23,25,33-34,37,48-49,52H,4-8,11,14-15,17-20,24H2,1-3H3,(H,46,50)(H,47,51)/t33-,34-,37+,43+,44-/m1/s1. The highest BCUT2D eigenvalue weighted by molar-refractivity contribution is 6.17. The van der Waals surface area contributed by atoms with Crippen LogP contribution >= 0.6 is 0 Å². The number of unbranched alkanes of at least 4 members (excludes halogenated alkanes) is 3. The molecule has 3 aliphatic rings. The Hall–Kier alpha value is -4.43. The Morgan fingerprint density at radius 1 is 0.904 bits per heavy atom. The van der Waals surface area contributed by atoms with E-state index in [1.165, 1.54) is 22.1 Å². The number of pyridine rings is 1. The van der Waals surface area contributed by atoms with E-state index >= 15 is 0 Å². The van der Waals surface area contributed by atoms with Crippen LogP contribution in [0.5, 0.6) is 5.75 Å². The van der Waals surface area contributed by atoms with Crippen LogP contribution in [0.1, 0.15) is 110 Å². The second-order valence-corrected chi connectivity index (χ2v) is 16.3. The van der Waals surface area contributed by atoms with Crippen molar-refractivity contribution in [3.63, 3.8) is 0 Å². The van der Waals surface area contributed by atoms with E-state index in [2.05, 4.69) is 53.5 Å². The Balaban J connectivity index is 0.782. The Bertz CT molecular complexity index is 2190. The van der Waals surface area contributed by atoms with Crippen LogP contribution in [-0.2, 0) is 11.2 Å². The summed E-state index contributed by atoms with van der Waals surface area (Å²) in [5.41, 5.74) is 6.57. The van der Waals surface area contributed by atoms with Gasteiger partial charge in [0.15, 0.2) is 0 Å². The minimum Gasteiger partial charge on any atom is -0.508 e. The summed E-state index contributed by atoms with van der Waals surface area (Å²) in [7, 11) is 0. The molecule has 3 aliphatic carbocycles. The molecule has 0 unspecified atom stereocenters. The maximum atomic E-state index is 13.1. The molecule has 2 saturated carbocycles. The van der Waals surface area contributed by atoms with Crippen LogP contribution in [0.25, 0.3) is 32.6 Å². The summed E-state index contributed by atoms with van der Waals surface area (Å²) in [6.45, 7) is 7.70. The monoisotopic (exact) mass is 700 g/mol. The van der Waals surface area contributed by atoms with Crippen LogP contribution in [0.2, 0.25) is 0 Å². The van der Waals surface area contributed by atoms with Gasteiger partial charge < -0.3 is 25.8 Å². The molecule has 3 aromatic carbocycles. The molecule has 0 spiro atoms. The quantitative estimate of drug-likeness (QED) is 0.0938. The molecule has 52 heavy (non-hydrogen) atoms. The SMILES string of the molecule is Cc1c2ccncc2c(C)c2c1[nH]c1ccc(C(=O)NCCCCCCNC(=O)C[C@]3(O)CC[C@H]4[C@@H]5CCc6cc(O)ccc6[C@H]5CC[C@@]43C)cc12. The van der Waals surface area contributed by atoms with Gasteiger partial charge in [-0.05, 0) is 152 Å². The van der Waals surface area contributed by atoms with E-state index in [0.717, 1.165) is 90.5 Å². The van der Waals surface area contributed by atoms with E-state index < -0.39 is 5.60 Å². The Morgan fingerprint density at radius 2 is 1.71 bits per heavy atom. The smallest absolute Gasteiger partial charge is 0.251 e. The number of hydrogen-bond donors (Lipinski definition) is 5. The van der Waals surface area contributed by atoms with E-state index in [-0.39, 0.29) is 23.7 Å². The molecule has 0 bridgehead atoms. The highest BCUT2D eigenvalue weighted by Gasteiger charge is 2.61. The van der Waals surface area contributed by atoms with Crippen molar-refractivity contribution in [3.05, 3.63) is 82.7 Å². The second kappa shape index (κ2) is 13.5. The molecular weight excluding hydrogens is 649 g/mol. The molecule has 2 aromatic heterocycles. The number of fused-ring (bicyclic) bond motifs is 9. The lowest BCUT2D eigenvalue weighted by atomic mass is 9.53. The van der Waals surface area contributed by atoms with Gasteiger partial charge in [0.1, 0.15) is 5.75 Å². The number of carbonyl (C=O) groups excluding carboxylic acids is 2. The van der Waals surface area contributed by atoms with Crippen LogP contribution in [0.15, 0.2) is 54.9 Å². The van der Waals surface area contributed by atoms with Gasteiger partial charge in [-0.3, -0.25) is 14.6 Å². The number of rotatable bonds is 10. The molecule has 0 aliphatic heterocycles. The highest BCUT2D eigenvalue weighted by atomic mass is 16.3.